The van der Waals surface area contributed by atoms with Crippen LogP contribution >= 0.6 is 0 Å². The van der Waals surface area contributed by atoms with Gasteiger partial charge in [0.2, 0.25) is 5.91 Å². The Morgan fingerprint density at radius 1 is 1.11 bits per heavy atom. The van der Waals surface area contributed by atoms with E-state index >= 15 is 0 Å². The van der Waals surface area contributed by atoms with Crippen LogP contribution in [0.1, 0.15) is 89.4 Å². The van der Waals surface area contributed by atoms with Crippen LogP contribution in [0, 0.1) is 11.3 Å². The van der Waals surface area contributed by atoms with E-state index in [4.69, 9.17) is 14.7 Å². The number of unbranched alkanes of at least 4 members (excludes halogenated alkanes) is 2. The average Bonchev–Trinajstić information content (AvgIpc) is 3.39. The number of nitrogens with zero attached hydrogens (tertiary/aromatic N) is 4. The molecule has 2 aromatic heterocycles. The van der Waals surface area contributed by atoms with Crippen LogP contribution in [-0.4, -0.2) is 71.9 Å². The number of methoxy groups -OCH3 is 1. The highest BCUT2D eigenvalue weighted by Crippen LogP contribution is 2.59. The molecule has 3 aromatic rings. The van der Waals surface area contributed by atoms with Crippen molar-refractivity contribution in [3.63, 3.8) is 0 Å². The molecule has 2 atom stereocenters. The third kappa shape index (κ3) is 6.63. The number of anilines is 1. The Morgan fingerprint density at radius 2 is 1.91 bits per heavy atom. The van der Waals surface area contributed by atoms with Crippen molar-refractivity contribution < 1.29 is 14.3 Å². The van der Waals surface area contributed by atoms with Crippen LogP contribution in [0.5, 0.6) is 5.75 Å². The molecule has 1 saturated carbocycles. The number of Topliss-reactive ketones (excluding diaryl/α,β-unsaturated/α-hetero) is 1. The van der Waals surface area contributed by atoms with E-state index in [9.17, 15) is 9.59 Å². The van der Waals surface area contributed by atoms with Gasteiger partial charge < -0.3 is 24.8 Å². The predicted octanol–water partition coefficient (Wildman–Crippen LogP) is 6.05. The normalized spacial score (nSPS) is 20.2. The molecule has 44 heavy (non-hydrogen) atoms. The van der Waals surface area contributed by atoms with Crippen molar-refractivity contribution in [3.05, 3.63) is 36.3 Å². The highest BCUT2D eigenvalue weighted by Gasteiger charge is 2.58. The quantitative estimate of drug-likeness (QED) is 0.230. The van der Waals surface area contributed by atoms with E-state index in [0.717, 1.165) is 111 Å². The Balaban J connectivity index is 1.20. The van der Waals surface area contributed by atoms with Crippen molar-refractivity contribution in [2.45, 2.75) is 83.6 Å². The molecule has 2 aliphatic heterocycles. The largest absolute Gasteiger partial charge is 0.496 e. The first-order chi connectivity index (χ1) is 21.4. The number of hydrogen-bond donors (Lipinski definition) is 2. The number of benzene rings is 1. The number of aromatic nitrogens is 3. The van der Waals surface area contributed by atoms with Crippen LogP contribution in [0.2, 0.25) is 0 Å². The molecule has 1 spiro atoms. The lowest BCUT2D eigenvalue weighted by molar-refractivity contribution is -0.124. The van der Waals surface area contributed by atoms with Crippen LogP contribution in [0.3, 0.4) is 0 Å². The van der Waals surface area contributed by atoms with Gasteiger partial charge in [0, 0.05) is 48.9 Å². The number of fused-ring (bicyclic) bond motifs is 1. The van der Waals surface area contributed by atoms with Gasteiger partial charge in [-0.25, -0.2) is 9.97 Å². The smallest absolute Gasteiger partial charge is 0.224 e. The zero-order valence-corrected chi connectivity index (χ0v) is 26.7. The second kappa shape index (κ2) is 13.3. The number of nitrogens with one attached hydrogen (secondary N) is 2. The lowest BCUT2D eigenvalue weighted by Gasteiger charge is -2.30. The molecule has 0 bridgehead atoms. The van der Waals surface area contributed by atoms with Gasteiger partial charge in [-0.1, -0.05) is 19.8 Å². The van der Waals surface area contributed by atoms with Crippen LogP contribution in [0.4, 0.5) is 5.82 Å². The number of hydrogen-bond acceptors (Lipinski definition) is 7. The van der Waals surface area contributed by atoms with Gasteiger partial charge in [0.05, 0.1) is 30.6 Å². The number of carbonyl (C=O) groups is 2. The highest BCUT2D eigenvalue weighted by molar-refractivity contribution is 5.88. The van der Waals surface area contributed by atoms with Crippen LogP contribution in [0.15, 0.2) is 30.5 Å². The van der Waals surface area contributed by atoms with Gasteiger partial charge in [0.25, 0.3) is 0 Å². The van der Waals surface area contributed by atoms with E-state index in [1.54, 1.807) is 7.11 Å². The Kier molecular flexibility index (Phi) is 9.21. The van der Waals surface area contributed by atoms with E-state index in [0.29, 0.717) is 18.6 Å². The van der Waals surface area contributed by atoms with Crippen LogP contribution in [-0.2, 0) is 9.59 Å². The Labute approximate surface area is 261 Å². The fourth-order valence-corrected chi connectivity index (χ4v) is 7.20. The standard InChI is InChI=1S/C35H48N6O3/c1-4-25(42)10-6-5-7-11-28(39-34(43)27-22-35(27)14-18-40(2)19-15-35)33-36-23-30(38-33)26-20-24-12-13-32(41-16-8-9-17-41)37-29(24)21-31(26)44-3/h12-13,20-21,23,27-28H,4-11,14-19,22H2,1-3H3,(H,36,38)(H,39,43)/t27-,28+/m1/s1. The summed E-state index contributed by atoms with van der Waals surface area (Å²) in [6, 6.07) is 8.15. The molecule has 236 valence electrons. The number of ether oxygens (including phenoxy) is 1. The summed E-state index contributed by atoms with van der Waals surface area (Å²) >= 11 is 0. The minimum atomic E-state index is -0.210. The lowest BCUT2D eigenvalue weighted by Crippen LogP contribution is -2.36. The molecule has 2 saturated heterocycles. The molecule has 0 unspecified atom stereocenters. The first-order valence-electron chi connectivity index (χ1n) is 16.7. The molecule has 9 nitrogen and oxygen atoms in total. The number of piperidine rings is 1. The van der Waals surface area contributed by atoms with E-state index in [1.165, 1.54) is 12.8 Å². The maximum Gasteiger partial charge on any atom is 0.224 e. The van der Waals surface area contributed by atoms with Crippen molar-refractivity contribution in [1.82, 2.24) is 25.2 Å². The summed E-state index contributed by atoms with van der Waals surface area (Å²) in [6.45, 7) is 6.16. The number of pyridine rings is 1. The average molecular weight is 601 g/mol. The van der Waals surface area contributed by atoms with Crippen molar-refractivity contribution >= 4 is 28.4 Å². The van der Waals surface area contributed by atoms with E-state index in [1.807, 2.05) is 19.2 Å². The van der Waals surface area contributed by atoms with Crippen molar-refractivity contribution in [3.8, 4) is 17.0 Å². The highest BCUT2D eigenvalue weighted by atomic mass is 16.5. The SMILES string of the molecule is CCC(=O)CCCCC[C@H](NC(=O)[C@H]1CC12CCN(C)CC2)c1ncc(-c2cc3ccc(N4CCCC4)nc3cc2OC)[nH]1. The third-order valence-electron chi connectivity index (χ3n) is 10.3. The van der Waals surface area contributed by atoms with Gasteiger partial charge in [-0.15, -0.1) is 0 Å². The number of aromatic amines is 1. The summed E-state index contributed by atoms with van der Waals surface area (Å²) < 4.78 is 5.84. The molecule has 4 heterocycles. The minimum absolute atomic E-state index is 0.0915. The van der Waals surface area contributed by atoms with Gasteiger partial charge >= 0.3 is 0 Å². The molecule has 1 aliphatic carbocycles. The number of carbonyl (C=O) groups excluding carboxylic acids is 2. The summed E-state index contributed by atoms with van der Waals surface area (Å²) in [7, 11) is 3.85. The molecule has 0 radical (unpaired) electrons. The molecule has 6 rings (SSSR count). The number of amides is 1. The first-order valence-corrected chi connectivity index (χ1v) is 16.7. The first kappa shape index (κ1) is 30.6. The lowest BCUT2D eigenvalue weighted by atomic mass is 9.91. The monoisotopic (exact) mass is 600 g/mol. The van der Waals surface area contributed by atoms with Gasteiger partial charge in [-0.05, 0) is 88.7 Å². The number of rotatable bonds is 13. The van der Waals surface area contributed by atoms with Crippen molar-refractivity contribution in [1.29, 1.82) is 0 Å². The molecule has 9 heteroatoms. The summed E-state index contributed by atoms with van der Waals surface area (Å²) in [4.78, 5) is 43.3. The summed E-state index contributed by atoms with van der Waals surface area (Å²) in [5.74, 6) is 3.08. The van der Waals surface area contributed by atoms with E-state index in [2.05, 4.69) is 45.3 Å². The maximum atomic E-state index is 13.6. The Morgan fingerprint density at radius 3 is 2.66 bits per heavy atom. The van der Waals surface area contributed by atoms with Crippen molar-refractivity contribution in [2.24, 2.45) is 11.3 Å². The second-order valence-electron chi connectivity index (χ2n) is 13.3. The molecule has 3 fully saturated rings. The molecular formula is C35H48N6O3. The number of H-pyrrole nitrogens is 1. The fourth-order valence-electron chi connectivity index (χ4n) is 7.20. The van der Waals surface area contributed by atoms with Gasteiger partial charge in [0.1, 0.15) is 23.2 Å². The molecular weight excluding hydrogens is 552 g/mol. The van der Waals surface area contributed by atoms with Gasteiger partial charge in [-0.3, -0.25) is 9.59 Å². The molecule has 3 aliphatic rings. The molecule has 1 amide bonds. The number of imidazole rings is 1. The second-order valence-corrected chi connectivity index (χ2v) is 13.3. The molecule has 2 N–H and O–H groups in total. The van der Waals surface area contributed by atoms with Crippen LogP contribution in [0.25, 0.3) is 22.2 Å². The third-order valence-corrected chi connectivity index (χ3v) is 10.3. The Hall–Kier alpha value is -3.46. The van der Waals surface area contributed by atoms with Crippen molar-refractivity contribution in [2.75, 3.05) is 45.2 Å². The maximum absolute atomic E-state index is 13.6. The Bertz CT molecular complexity index is 1470. The summed E-state index contributed by atoms with van der Waals surface area (Å²) in [5.41, 5.74) is 2.86. The van der Waals surface area contributed by atoms with E-state index < -0.39 is 0 Å². The summed E-state index contributed by atoms with van der Waals surface area (Å²) in [6.07, 6.45) is 12.2. The topological polar surface area (TPSA) is 103 Å². The number of ketones is 1. The zero-order chi connectivity index (χ0) is 30.7. The van der Waals surface area contributed by atoms with Crippen LogP contribution < -0.4 is 15.0 Å². The van der Waals surface area contributed by atoms with E-state index in [-0.39, 0.29) is 23.3 Å². The zero-order valence-electron chi connectivity index (χ0n) is 26.7. The van der Waals surface area contributed by atoms with Gasteiger partial charge in [-0.2, -0.15) is 0 Å². The number of likely N-dealkylation sites (tertiary alicyclic amines) is 1. The minimum Gasteiger partial charge on any atom is -0.496 e. The fraction of sp³-hybridized carbons (Fsp3) is 0.600. The predicted molar refractivity (Wildman–Crippen MR) is 174 cm³/mol. The van der Waals surface area contributed by atoms with Gasteiger partial charge in [0.15, 0.2) is 0 Å². The summed E-state index contributed by atoms with van der Waals surface area (Å²) in [5, 5.41) is 4.43. The molecule has 1 aromatic carbocycles.